The summed E-state index contributed by atoms with van der Waals surface area (Å²) in [7, 11) is 3.73. The fourth-order valence-electron chi connectivity index (χ4n) is 2.03. The third-order valence-corrected chi connectivity index (χ3v) is 3.30. The molecule has 0 bridgehead atoms. The van der Waals surface area contributed by atoms with Crippen LogP contribution >= 0.6 is 0 Å². The Morgan fingerprint density at radius 3 is 2.87 bits per heavy atom. The molecule has 8 heteroatoms. The maximum absolute atomic E-state index is 13.4. The van der Waals surface area contributed by atoms with E-state index in [0.717, 1.165) is 5.82 Å². The molecule has 1 aromatic heterocycles. The van der Waals surface area contributed by atoms with Gasteiger partial charge in [0.05, 0.1) is 13.1 Å². The monoisotopic (exact) mass is 320 g/mol. The van der Waals surface area contributed by atoms with E-state index in [1.165, 1.54) is 18.5 Å². The number of phenolic OH excluding ortho intramolecular Hbond substituents is 1. The van der Waals surface area contributed by atoms with Gasteiger partial charge >= 0.3 is 0 Å². The summed E-state index contributed by atoms with van der Waals surface area (Å²) >= 11 is 0. The Morgan fingerprint density at radius 2 is 2.26 bits per heavy atom. The van der Waals surface area contributed by atoms with E-state index >= 15 is 0 Å². The van der Waals surface area contributed by atoms with E-state index in [1.54, 1.807) is 10.7 Å². The highest BCUT2D eigenvalue weighted by Gasteiger charge is 2.10. The predicted molar refractivity (Wildman–Crippen MR) is 85.4 cm³/mol. The number of aliphatic imine (C=N–C) groups is 1. The van der Waals surface area contributed by atoms with E-state index in [1.807, 2.05) is 25.9 Å². The van der Waals surface area contributed by atoms with E-state index in [0.29, 0.717) is 31.2 Å². The van der Waals surface area contributed by atoms with Gasteiger partial charge in [0.1, 0.15) is 12.2 Å². The quantitative estimate of drug-likeness (QED) is 0.640. The second-order valence-electron chi connectivity index (χ2n) is 5.11. The predicted octanol–water partition coefficient (Wildman–Crippen LogP) is 1.26. The Kier molecular flexibility index (Phi) is 5.51. The molecule has 0 fully saturated rings. The molecule has 0 unspecified atom stereocenters. The van der Waals surface area contributed by atoms with Crippen LogP contribution in [0.5, 0.6) is 5.75 Å². The molecular formula is C15H21FN6O. The molecule has 0 aliphatic carbocycles. The van der Waals surface area contributed by atoms with Crippen molar-refractivity contribution >= 4 is 5.96 Å². The fraction of sp³-hybridized carbons (Fsp3) is 0.400. The molecule has 124 valence electrons. The van der Waals surface area contributed by atoms with E-state index in [2.05, 4.69) is 20.4 Å². The zero-order chi connectivity index (χ0) is 16.8. The van der Waals surface area contributed by atoms with Gasteiger partial charge in [-0.3, -0.25) is 4.68 Å². The highest BCUT2D eigenvalue weighted by Crippen LogP contribution is 2.16. The molecule has 0 atom stereocenters. The first-order valence-electron chi connectivity index (χ1n) is 7.31. The van der Waals surface area contributed by atoms with E-state index in [4.69, 9.17) is 0 Å². The van der Waals surface area contributed by atoms with Crippen LogP contribution in [0.2, 0.25) is 0 Å². The molecule has 0 radical (unpaired) electrons. The summed E-state index contributed by atoms with van der Waals surface area (Å²) in [5.41, 5.74) is 0.683. The van der Waals surface area contributed by atoms with Gasteiger partial charge in [0.15, 0.2) is 17.5 Å². The summed E-state index contributed by atoms with van der Waals surface area (Å²) in [4.78, 5) is 10.6. The van der Waals surface area contributed by atoms with Crippen LogP contribution in [0.25, 0.3) is 0 Å². The van der Waals surface area contributed by atoms with Gasteiger partial charge in [0, 0.05) is 20.6 Å². The molecule has 0 amide bonds. The smallest absolute Gasteiger partial charge is 0.194 e. The summed E-state index contributed by atoms with van der Waals surface area (Å²) in [5, 5.41) is 16.4. The van der Waals surface area contributed by atoms with Crippen LogP contribution in [0.15, 0.2) is 29.5 Å². The number of guanidine groups is 1. The molecule has 0 saturated carbocycles. The SMILES string of the molecule is CCNC(=NCc1ccc(O)c(F)c1)N(C)Cc1ncnn1C. The lowest BCUT2D eigenvalue weighted by Crippen LogP contribution is -2.39. The number of aromatic nitrogens is 3. The highest BCUT2D eigenvalue weighted by atomic mass is 19.1. The molecule has 2 N–H and O–H groups in total. The van der Waals surface area contributed by atoms with Crippen LogP contribution in [-0.2, 0) is 20.1 Å². The van der Waals surface area contributed by atoms with E-state index in [-0.39, 0.29) is 5.75 Å². The van der Waals surface area contributed by atoms with Crippen molar-refractivity contribution in [2.24, 2.45) is 12.0 Å². The Balaban J connectivity index is 2.09. The maximum atomic E-state index is 13.4. The minimum absolute atomic E-state index is 0.308. The molecule has 1 heterocycles. The molecule has 1 aromatic carbocycles. The molecule has 2 aromatic rings. The number of phenols is 1. The maximum Gasteiger partial charge on any atom is 0.194 e. The summed E-state index contributed by atoms with van der Waals surface area (Å²) < 4.78 is 15.1. The van der Waals surface area contributed by atoms with Gasteiger partial charge in [-0.25, -0.2) is 14.4 Å². The van der Waals surface area contributed by atoms with Crippen molar-refractivity contribution in [2.75, 3.05) is 13.6 Å². The lowest BCUT2D eigenvalue weighted by molar-refractivity contribution is 0.431. The zero-order valence-corrected chi connectivity index (χ0v) is 13.5. The van der Waals surface area contributed by atoms with Gasteiger partial charge in [-0.1, -0.05) is 6.07 Å². The van der Waals surface area contributed by atoms with Gasteiger partial charge in [0.2, 0.25) is 0 Å². The van der Waals surface area contributed by atoms with E-state index < -0.39 is 5.82 Å². The van der Waals surface area contributed by atoms with Crippen molar-refractivity contribution in [3.8, 4) is 5.75 Å². The fourth-order valence-corrected chi connectivity index (χ4v) is 2.03. The molecule has 0 aliphatic rings. The average molecular weight is 320 g/mol. The number of nitrogens with one attached hydrogen (secondary N) is 1. The van der Waals surface area contributed by atoms with Crippen LogP contribution in [0.3, 0.4) is 0 Å². The van der Waals surface area contributed by atoms with Gasteiger partial charge in [0.25, 0.3) is 0 Å². The van der Waals surface area contributed by atoms with Crippen molar-refractivity contribution < 1.29 is 9.50 Å². The van der Waals surface area contributed by atoms with Crippen LogP contribution in [-0.4, -0.2) is 44.3 Å². The standard InChI is InChI=1S/C15H21FN6O/c1-4-17-15(21(2)9-14-19-10-20-22(14)3)18-8-11-5-6-13(23)12(16)7-11/h5-7,10,23H,4,8-9H2,1-3H3,(H,17,18). The number of benzene rings is 1. The Hall–Kier alpha value is -2.64. The molecular weight excluding hydrogens is 299 g/mol. The van der Waals surface area contributed by atoms with Crippen LogP contribution in [0.4, 0.5) is 4.39 Å². The number of rotatable bonds is 5. The Bertz CT molecular complexity index is 684. The third kappa shape index (κ3) is 4.41. The number of hydrogen-bond donors (Lipinski definition) is 2. The van der Waals surface area contributed by atoms with Crippen LogP contribution in [0.1, 0.15) is 18.3 Å². The third-order valence-electron chi connectivity index (χ3n) is 3.30. The van der Waals surface area contributed by atoms with Crippen molar-refractivity contribution in [3.63, 3.8) is 0 Å². The largest absolute Gasteiger partial charge is 0.505 e. The zero-order valence-electron chi connectivity index (χ0n) is 13.5. The topological polar surface area (TPSA) is 78.6 Å². The first kappa shape index (κ1) is 16.7. The second-order valence-corrected chi connectivity index (χ2v) is 5.11. The Labute approximate surface area is 134 Å². The molecule has 0 saturated heterocycles. The van der Waals surface area contributed by atoms with Crippen LogP contribution in [0, 0.1) is 5.82 Å². The number of aromatic hydroxyl groups is 1. The number of halogens is 1. The lowest BCUT2D eigenvalue weighted by atomic mass is 10.2. The summed E-state index contributed by atoms with van der Waals surface area (Å²) in [6.45, 7) is 3.55. The van der Waals surface area contributed by atoms with Crippen molar-refractivity contribution in [2.45, 2.75) is 20.0 Å². The summed E-state index contributed by atoms with van der Waals surface area (Å²) in [6, 6.07) is 4.26. The van der Waals surface area contributed by atoms with Crippen LogP contribution < -0.4 is 5.32 Å². The number of nitrogens with zero attached hydrogens (tertiary/aromatic N) is 5. The highest BCUT2D eigenvalue weighted by molar-refractivity contribution is 5.79. The minimum Gasteiger partial charge on any atom is -0.505 e. The molecule has 23 heavy (non-hydrogen) atoms. The summed E-state index contributed by atoms with van der Waals surface area (Å²) in [5.74, 6) is 0.497. The van der Waals surface area contributed by atoms with Gasteiger partial charge in [-0.2, -0.15) is 5.10 Å². The number of hydrogen-bond acceptors (Lipinski definition) is 4. The van der Waals surface area contributed by atoms with Crippen molar-refractivity contribution in [3.05, 3.63) is 41.7 Å². The normalized spacial score (nSPS) is 11.6. The first-order chi connectivity index (χ1) is 11.0. The molecule has 2 rings (SSSR count). The molecule has 0 spiro atoms. The average Bonchev–Trinajstić information content (AvgIpc) is 2.92. The van der Waals surface area contributed by atoms with E-state index in [9.17, 15) is 9.50 Å². The Morgan fingerprint density at radius 1 is 1.48 bits per heavy atom. The minimum atomic E-state index is -0.643. The summed E-state index contributed by atoms with van der Waals surface area (Å²) in [6.07, 6.45) is 1.51. The lowest BCUT2D eigenvalue weighted by Gasteiger charge is -2.21. The van der Waals surface area contributed by atoms with Crippen molar-refractivity contribution in [1.82, 2.24) is 25.0 Å². The molecule has 7 nitrogen and oxygen atoms in total. The van der Waals surface area contributed by atoms with Gasteiger partial charge in [-0.15, -0.1) is 0 Å². The van der Waals surface area contributed by atoms with Crippen molar-refractivity contribution in [1.29, 1.82) is 0 Å². The van der Waals surface area contributed by atoms with Gasteiger partial charge < -0.3 is 15.3 Å². The van der Waals surface area contributed by atoms with Gasteiger partial charge in [-0.05, 0) is 24.6 Å². The first-order valence-corrected chi connectivity index (χ1v) is 7.31. The molecule has 0 aliphatic heterocycles. The number of aryl methyl sites for hydroxylation is 1. The second kappa shape index (κ2) is 7.57.